The van der Waals surface area contributed by atoms with Gasteiger partial charge in [0.1, 0.15) is 11.6 Å². The Balaban J connectivity index is 1.15. The van der Waals surface area contributed by atoms with E-state index in [0.29, 0.717) is 17.9 Å². The number of nitrogens with zero attached hydrogens (tertiary/aromatic N) is 3. The van der Waals surface area contributed by atoms with Crippen molar-refractivity contribution in [2.45, 2.75) is 57.7 Å². The zero-order valence-corrected chi connectivity index (χ0v) is 19.5. The molecule has 2 N–H and O–H groups in total. The molecule has 0 amide bonds. The molecule has 3 heterocycles. The van der Waals surface area contributed by atoms with E-state index in [1.54, 1.807) is 0 Å². The van der Waals surface area contributed by atoms with E-state index in [2.05, 4.69) is 19.9 Å². The van der Waals surface area contributed by atoms with Crippen molar-refractivity contribution in [1.82, 2.24) is 15.0 Å². The summed E-state index contributed by atoms with van der Waals surface area (Å²) in [7, 11) is 0. The van der Waals surface area contributed by atoms with E-state index in [1.165, 1.54) is 0 Å². The van der Waals surface area contributed by atoms with Gasteiger partial charge in [0, 0.05) is 29.9 Å². The molecule has 0 atom stereocenters. The van der Waals surface area contributed by atoms with Crippen LogP contribution in [0, 0.1) is 5.41 Å². The van der Waals surface area contributed by atoms with Crippen molar-refractivity contribution in [3.63, 3.8) is 0 Å². The Bertz CT molecular complexity index is 1130. The van der Waals surface area contributed by atoms with Crippen LogP contribution in [0.3, 0.4) is 0 Å². The molecule has 1 aliphatic heterocycles. The van der Waals surface area contributed by atoms with Gasteiger partial charge in [0.15, 0.2) is 0 Å². The smallest absolute Gasteiger partial charge is 0.309 e. The number of ether oxygens (including phenoxy) is 1. The number of hydrogen-bond donors (Lipinski definition) is 2. The maximum Gasteiger partial charge on any atom is 0.309 e. The molecule has 2 aliphatic rings. The third-order valence-corrected chi connectivity index (χ3v) is 7.40. The molecule has 1 saturated carbocycles. The van der Waals surface area contributed by atoms with Crippen molar-refractivity contribution in [3.05, 3.63) is 41.6 Å². The number of pyridine rings is 1. The number of rotatable bonds is 5. The summed E-state index contributed by atoms with van der Waals surface area (Å²) in [6.45, 7) is 3.66. The molecule has 2 aromatic heterocycles. The Kier molecular flexibility index (Phi) is 6.01. The summed E-state index contributed by atoms with van der Waals surface area (Å²) in [5, 5.41) is 10.1. The molecule has 0 bridgehead atoms. The van der Waals surface area contributed by atoms with Gasteiger partial charge in [-0.3, -0.25) is 4.79 Å². The van der Waals surface area contributed by atoms with Crippen molar-refractivity contribution in [2.24, 2.45) is 5.41 Å². The average Bonchev–Trinajstić information content (AvgIpc) is 3.24. The number of fused-ring (bicyclic) bond motifs is 1. The number of carbonyl (C=O) groups is 1. The third-order valence-electron chi connectivity index (χ3n) is 7.17. The van der Waals surface area contributed by atoms with Crippen LogP contribution in [0.5, 0.6) is 0 Å². The Morgan fingerprint density at radius 2 is 1.88 bits per heavy atom. The first kappa shape index (κ1) is 22.2. The highest BCUT2D eigenvalue weighted by atomic mass is 35.5. The summed E-state index contributed by atoms with van der Waals surface area (Å²) in [5.74, 6) is 1.06. The van der Waals surface area contributed by atoms with Crippen molar-refractivity contribution in [2.75, 3.05) is 18.0 Å². The van der Waals surface area contributed by atoms with E-state index in [0.717, 1.165) is 67.0 Å². The van der Waals surface area contributed by atoms with Crippen molar-refractivity contribution in [3.8, 4) is 11.4 Å². The fourth-order valence-electron chi connectivity index (χ4n) is 4.90. The van der Waals surface area contributed by atoms with Gasteiger partial charge in [-0.2, -0.15) is 0 Å². The molecular weight excluding hydrogens is 440 g/mol. The second-order valence-corrected chi connectivity index (χ2v) is 9.98. The van der Waals surface area contributed by atoms with Gasteiger partial charge in [0.25, 0.3) is 0 Å². The number of carboxylic acids is 1. The molecule has 2 fully saturated rings. The highest BCUT2D eigenvalue weighted by Crippen LogP contribution is 2.38. The topological polar surface area (TPSA) is 91.3 Å². The van der Waals surface area contributed by atoms with Gasteiger partial charge in [-0.05, 0) is 75.8 Å². The van der Waals surface area contributed by atoms with E-state index >= 15 is 0 Å². The van der Waals surface area contributed by atoms with Crippen LogP contribution in [-0.2, 0) is 9.53 Å². The molecular formula is C25H29ClN4O3. The first-order valence-electron chi connectivity index (χ1n) is 11.7. The molecule has 1 aromatic carbocycles. The number of halogens is 1. The summed E-state index contributed by atoms with van der Waals surface area (Å²) < 4.78 is 6.34. The normalized spacial score (nSPS) is 24.3. The Morgan fingerprint density at radius 3 is 2.55 bits per heavy atom. The molecule has 3 aromatic rings. The van der Waals surface area contributed by atoms with Gasteiger partial charge >= 0.3 is 5.97 Å². The van der Waals surface area contributed by atoms with Gasteiger partial charge in [0.2, 0.25) is 0 Å². The van der Waals surface area contributed by atoms with Crippen LogP contribution >= 0.6 is 11.6 Å². The molecule has 174 valence electrons. The lowest BCUT2D eigenvalue weighted by Crippen LogP contribution is -2.41. The summed E-state index contributed by atoms with van der Waals surface area (Å²) in [6, 6.07) is 9.71. The standard InChI is InChI=1S/C25H29ClN4O3/c1-25(24(31)32)10-6-18(7-11-25)33-19-8-12-30(13-9-19)22-5-2-16(15-27-22)23-28-20-4-3-17(26)14-21(20)29-23/h2-5,14-15,18-19H,6-13H2,1H3,(H,28,29)(H,31,32)/t18-,25-. The minimum absolute atomic E-state index is 0.185. The van der Waals surface area contributed by atoms with E-state index in [4.69, 9.17) is 16.3 Å². The SMILES string of the molecule is C[C@]1(C(=O)O)CC[C@H](OC2CCN(c3ccc(-c4nc5ccc(Cl)cc5[nH]4)cn3)CC2)CC1. The molecule has 33 heavy (non-hydrogen) atoms. The highest BCUT2D eigenvalue weighted by molar-refractivity contribution is 6.31. The van der Waals surface area contributed by atoms with Crippen LogP contribution in [-0.4, -0.2) is 51.3 Å². The average molecular weight is 469 g/mol. The maximum absolute atomic E-state index is 11.4. The van der Waals surface area contributed by atoms with Gasteiger partial charge in [0.05, 0.1) is 28.7 Å². The highest BCUT2D eigenvalue weighted by Gasteiger charge is 2.38. The van der Waals surface area contributed by atoms with Gasteiger partial charge in [-0.15, -0.1) is 0 Å². The summed E-state index contributed by atoms with van der Waals surface area (Å²) in [5.41, 5.74) is 2.14. The summed E-state index contributed by atoms with van der Waals surface area (Å²) >= 11 is 6.07. The number of benzene rings is 1. The molecule has 8 heteroatoms. The van der Waals surface area contributed by atoms with Gasteiger partial charge in [-0.25, -0.2) is 9.97 Å². The molecule has 1 saturated heterocycles. The van der Waals surface area contributed by atoms with E-state index in [1.807, 2.05) is 43.5 Å². The number of aliphatic carboxylic acids is 1. The predicted molar refractivity (Wildman–Crippen MR) is 129 cm³/mol. The van der Waals surface area contributed by atoms with Gasteiger partial charge in [-0.1, -0.05) is 11.6 Å². The maximum atomic E-state index is 11.4. The van der Waals surface area contributed by atoms with Crippen molar-refractivity contribution in [1.29, 1.82) is 0 Å². The fraction of sp³-hybridized carbons (Fsp3) is 0.480. The summed E-state index contributed by atoms with van der Waals surface area (Å²) in [4.78, 5) is 26.4. The number of H-pyrrole nitrogens is 1. The predicted octanol–water partition coefficient (Wildman–Crippen LogP) is 5.30. The third kappa shape index (κ3) is 4.70. The van der Waals surface area contributed by atoms with Crippen LogP contribution in [0.15, 0.2) is 36.5 Å². The minimum atomic E-state index is -0.683. The van der Waals surface area contributed by atoms with Crippen LogP contribution < -0.4 is 4.90 Å². The Hall–Kier alpha value is -2.64. The molecule has 5 rings (SSSR count). The van der Waals surface area contributed by atoms with E-state index < -0.39 is 11.4 Å². The second kappa shape index (κ2) is 8.95. The van der Waals surface area contributed by atoms with Crippen LogP contribution in [0.25, 0.3) is 22.4 Å². The first-order valence-corrected chi connectivity index (χ1v) is 12.0. The molecule has 0 spiro atoms. The quantitative estimate of drug-likeness (QED) is 0.528. The van der Waals surface area contributed by atoms with Crippen LogP contribution in [0.2, 0.25) is 5.02 Å². The monoisotopic (exact) mass is 468 g/mol. The molecule has 0 radical (unpaired) electrons. The van der Waals surface area contributed by atoms with E-state index in [9.17, 15) is 9.90 Å². The lowest BCUT2D eigenvalue weighted by atomic mass is 9.75. The molecule has 1 aliphatic carbocycles. The lowest BCUT2D eigenvalue weighted by Gasteiger charge is -2.38. The van der Waals surface area contributed by atoms with E-state index in [-0.39, 0.29) is 12.2 Å². The molecule has 0 unspecified atom stereocenters. The number of hydrogen-bond acceptors (Lipinski definition) is 5. The number of carboxylic acid groups (broad SMARTS) is 1. The van der Waals surface area contributed by atoms with Crippen LogP contribution in [0.4, 0.5) is 5.82 Å². The number of anilines is 1. The largest absolute Gasteiger partial charge is 0.481 e. The first-order chi connectivity index (χ1) is 15.9. The number of aromatic nitrogens is 3. The Labute approximate surface area is 198 Å². The second-order valence-electron chi connectivity index (χ2n) is 9.54. The summed E-state index contributed by atoms with van der Waals surface area (Å²) in [6.07, 6.45) is 7.26. The number of piperidine rings is 1. The fourth-order valence-corrected chi connectivity index (χ4v) is 5.08. The lowest BCUT2D eigenvalue weighted by molar-refractivity contribution is -0.152. The van der Waals surface area contributed by atoms with Crippen LogP contribution in [0.1, 0.15) is 45.4 Å². The van der Waals surface area contributed by atoms with Gasteiger partial charge < -0.3 is 19.7 Å². The minimum Gasteiger partial charge on any atom is -0.481 e. The zero-order valence-electron chi connectivity index (χ0n) is 18.8. The number of imidazole rings is 1. The Morgan fingerprint density at radius 1 is 1.15 bits per heavy atom. The number of aromatic amines is 1. The molecule has 7 nitrogen and oxygen atoms in total. The zero-order chi connectivity index (χ0) is 23.0. The number of nitrogens with one attached hydrogen (secondary N) is 1. The van der Waals surface area contributed by atoms with Crippen molar-refractivity contribution < 1.29 is 14.6 Å². The van der Waals surface area contributed by atoms with Crippen molar-refractivity contribution >= 4 is 34.4 Å².